The lowest BCUT2D eigenvalue weighted by molar-refractivity contribution is -0.116. The van der Waals surface area contributed by atoms with E-state index in [2.05, 4.69) is 15.5 Å². The van der Waals surface area contributed by atoms with Gasteiger partial charge in [-0.15, -0.1) is 21.5 Å². The third kappa shape index (κ3) is 6.16. The Morgan fingerprint density at radius 3 is 2.83 bits per heavy atom. The highest BCUT2D eigenvalue weighted by Gasteiger charge is 2.14. The maximum Gasteiger partial charge on any atom is 0.261 e. The van der Waals surface area contributed by atoms with E-state index in [1.54, 1.807) is 18.2 Å². The minimum atomic E-state index is -0.0798. The van der Waals surface area contributed by atoms with Crippen LogP contribution < -0.4 is 5.32 Å². The van der Waals surface area contributed by atoms with Gasteiger partial charge in [0.25, 0.3) is 5.91 Å². The van der Waals surface area contributed by atoms with Gasteiger partial charge in [-0.25, -0.2) is 0 Å². The van der Waals surface area contributed by atoms with Crippen molar-refractivity contribution >= 4 is 46.4 Å². The van der Waals surface area contributed by atoms with Crippen molar-refractivity contribution in [1.82, 2.24) is 20.1 Å². The molecular weight excluding hydrogens is 428 g/mol. The number of carbonyl (C=O) groups is 2. The summed E-state index contributed by atoms with van der Waals surface area (Å²) >= 11 is 8.76. The van der Waals surface area contributed by atoms with Crippen molar-refractivity contribution in [3.05, 3.63) is 63.1 Å². The lowest BCUT2D eigenvalue weighted by Gasteiger charge is -2.08. The normalized spacial score (nSPS) is 10.8. The number of Topliss-reactive ketones (excluding diaryl/α,β-unsaturated/α-hetero) is 1. The number of thioether (sulfide) groups is 1. The molecule has 0 radical (unpaired) electrons. The van der Waals surface area contributed by atoms with Gasteiger partial charge in [0.2, 0.25) is 0 Å². The van der Waals surface area contributed by atoms with Crippen LogP contribution in [-0.4, -0.2) is 38.8 Å². The summed E-state index contributed by atoms with van der Waals surface area (Å²) in [5.74, 6) is 1.14. The number of aromatic nitrogens is 3. The number of nitrogens with zero attached hydrogens (tertiary/aromatic N) is 3. The molecule has 2 aromatic heterocycles. The average molecular weight is 449 g/mol. The molecule has 0 saturated heterocycles. The number of rotatable bonds is 10. The van der Waals surface area contributed by atoms with Crippen LogP contribution in [-0.2, 0) is 24.2 Å². The maximum absolute atomic E-state index is 12.3. The van der Waals surface area contributed by atoms with Crippen LogP contribution in [0.2, 0.25) is 5.02 Å². The van der Waals surface area contributed by atoms with E-state index in [-0.39, 0.29) is 11.7 Å². The largest absolute Gasteiger partial charge is 0.351 e. The van der Waals surface area contributed by atoms with Crippen LogP contribution in [0, 0.1) is 0 Å². The van der Waals surface area contributed by atoms with Crippen LogP contribution in [0.5, 0.6) is 0 Å². The van der Waals surface area contributed by atoms with Crippen molar-refractivity contribution < 1.29 is 9.59 Å². The van der Waals surface area contributed by atoms with Gasteiger partial charge in [-0.05, 0) is 36.1 Å². The molecule has 0 aliphatic carbocycles. The van der Waals surface area contributed by atoms with Gasteiger partial charge >= 0.3 is 0 Å². The first-order chi connectivity index (χ1) is 14.1. The number of hydrogen-bond acceptors (Lipinski definition) is 6. The van der Waals surface area contributed by atoms with E-state index in [4.69, 9.17) is 11.6 Å². The van der Waals surface area contributed by atoms with Crippen molar-refractivity contribution in [3.63, 3.8) is 0 Å². The zero-order valence-electron chi connectivity index (χ0n) is 15.9. The summed E-state index contributed by atoms with van der Waals surface area (Å²) in [5, 5.41) is 14.6. The maximum atomic E-state index is 12.3. The highest BCUT2D eigenvalue weighted by atomic mass is 35.5. The highest BCUT2D eigenvalue weighted by Crippen LogP contribution is 2.19. The topological polar surface area (TPSA) is 76.9 Å². The Morgan fingerprint density at radius 1 is 1.24 bits per heavy atom. The fourth-order valence-electron chi connectivity index (χ4n) is 2.78. The molecule has 0 aliphatic heterocycles. The first kappa shape index (κ1) is 21.5. The Morgan fingerprint density at radius 2 is 2.10 bits per heavy atom. The third-order valence-electron chi connectivity index (χ3n) is 4.14. The van der Waals surface area contributed by atoms with E-state index >= 15 is 0 Å². The van der Waals surface area contributed by atoms with E-state index in [9.17, 15) is 9.59 Å². The summed E-state index contributed by atoms with van der Waals surface area (Å²) in [7, 11) is 0. The van der Waals surface area contributed by atoms with Crippen molar-refractivity contribution in [2.45, 2.75) is 31.5 Å². The second kappa shape index (κ2) is 10.6. The van der Waals surface area contributed by atoms with Crippen molar-refractivity contribution in [3.8, 4) is 0 Å². The van der Waals surface area contributed by atoms with Crippen LogP contribution in [0.15, 0.2) is 46.9 Å². The number of ketones is 1. The molecule has 6 nitrogen and oxygen atoms in total. The number of thiophene rings is 1. The van der Waals surface area contributed by atoms with Crippen molar-refractivity contribution in [2.75, 3.05) is 12.3 Å². The number of nitrogens with one attached hydrogen (secondary N) is 1. The Bertz CT molecular complexity index is 973. The van der Waals surface area contributed by atoms with Gasteiger partial charge in [-0.2, -0.15) is 0 Å². The van der Waals surface area contributed by atoms with Gasteiger partial charge in [-0.1, -0.05) is 41.6 Å². The van der Waals surface area contributed by atoms with E-state index in [0.717, 1.165) is 11.4 Å². The SMILES string of the molecule is CCn1c(CCNC(=O)c2cccs2)nnc1SCC(=O)Cc1cccc(Cl)c1. The molecule has 1 amide bonds. The summed E-state index contributed by atoms with van der Waals surface area (Å²) in [5.41, 5.74) is 0.905. The van der Waals surface area contributed by atoms with Crippen LogP contribution in [0.3, 0.4) is 0 Å². The fraction of sp³-hybridized carbons (Fsp3) is 0.300. The Hall–Kier alpha value is -2.16. The molecule has 0 atom stereocenters. The van der Waals surface area contributed by atoms with Gasteiger partial charge in [0.15, 0.2) is 5.16 Å². The first-order valence-corrected chi connectivity index (χ1v) is 11.4. The summed E-state index contributed by atoms with van der Waals surface area (Å²) in [6.45, 7) is 3.19. The molecule has 0 spiro atoms. The molecule has 9 heteroatoms. The molecule has 0 fully saturated rings. The molecule has 3 rings (SSSR count). The van der Waals surface area contributed by atoms with Crippen molar-refractivity contribution in [2.24, 2.45) is 0 Å². The van der Waals surface area contributed by atoms with Crippen LogP contribution in [0.4, 0.5) is 0 Å². The predicted octanol–water partition coefficient (Wildman–Crippen LogP) is 3.89. The molecule has 3 aromatic rings. The summed E-state index contributed by atoms with van der Waals surface area (Å²) in [4.78, 5) is 25.0. The number of halogens is 1. The first-order valence-electron chi connectivity index (χ1n) is 9.19. The smallest absolute Gasteiger partial charge is 0.261 e. The Kier molecular flexibility index (Phi) is 7.85. The molecule has 0 bridgehead atoms. The lowest BCUT2D eigenvalue weighted by Crippen LogP contribution is -2.25. The monoisotopic (exact) mass is 448 g/mol. The molecule has 0 aliphatic rings. The number of carbonyl (C=O) groups excluding carboxylic acids is 2. The van der Waals surface area contributed by atoms with E-state index in [0.29, 0.717) is 46.7 Å². The number of benzene rings is 1. The Balaban J connectivity index is 1.50. The standard InChI is InChI=1S/C20H21ClN4O2S2/c1-2-25-18(8-9-22-19(27)17-7-4-10-28-17)23-24-20(25)29-13-16(26)12-14-5-3-6-15(21)11-14/h3-7,10-11H,2,8-9,12-13H2,1H3,(H,22,27). The van der Waals surface area contributed by atoms with Crippen LogP contribution >= 0.6 is 34.7 Å². The summed E-state index contributed by atoms with van der Waals surface area (Å²) < 4.78 is 1.98. The minimum absolute atomic E-state index is 0.0798. The van der Waals surface area contributed by atoms with E-state index in [1.165, 1.54) is 23.1 Å². The van der Waals surface area contributed by atoms with Crippen LogP contribution in [0.1, 0.15) is 28.0 Å². The number of hydrogen-bond donors (Lipinski definition) is 1. The van der Waals surface area contributed by atoms with Gasteiger partial charge in [0.1, 0.15) is 11.6 Å². The quantitative estimate of drug-likeness (QED) is 0.476. The van der Waals surface area contributed by atoms with E-state index < -0.39 is 0 Å². The van der Waals surface area contributed by atoms with Crippen LogP contribution in [0.25, 0.3) is 0 Å². The zero-order valence-corrected chi connectivity index (χ0v) is 18.3. The molecule has 2 heterocycles. The Labute approximate surface area is 182 Å². The summed E-state index contributed by atoms with van der Waals surface area (Å²) in [6.07, 6.45) is 0.921. The molecule has 0 unspecified atom stereocenters. The van der Waals surface area contributed by atoms with Gasteiger partial charge in [-0.3, -0.25) is 9.59 Å². The minimum Gasteiger partial charge on any atom is -0.351 e. The molecule has 1 aromatic carbocycles. The molecule has 0 saturated carbocycles. The zero-order chi connectivity index (χ0) is 20.6. The van der Waals surface area contributed by atoms with Crippen molar-refractivity contribution in [1.29, 1.82) is 0 Å². The third-order valence-corrected chi connectivity index (χ3v) is 6.27. The molecular formula is C20H21ClN4O2S2. The van der Waals surface area contributed by atoms with Gasteiger partial charge < -0.3 is 9.88 Å². The lowest BCUT2D eigenvalue weighted by atomic mass is 10.1. The molecule has 1 N–H and O–H groups in total. The molecule has 29 heavy (non-hydrogen) atoms. The average Bonchev–Trinajstić information content (AvgIpc) is 3.36. The molecule has 152 valence electrons. The van der Waals surface area contributed by atoms with Gasteiger partial charge in [0, 0.05) is 31.0 Å². The van der Waals surface area contributed by atoms with Gasteiger partial charge in [0.05, 0.1) is 10.6 Å². The second-order valence-electron chi connectivity index (χ2n) is 6.26. The van der Waals surface area contributed by atoms with E-state index in [1.807, 2.05) is 35.1 Å². The highest BCUT2D eigenvalue weighted by molar-refractivity contribution is 7.99. The second-order valence-corrected chi connectivity index (χ2v) is 8.59. The fourth-order valence-corrected chi connectivity index (χ4v) is 4.52. The predicted molar refractivity (Wildman–Crippen MR) is 117 cm³/mol. The number of amides is 1. The summed E-state index contributed by atoms with van der Waals surface area (Å²) in [6, 6.07) is 11.0.